The minimum absolute atomic E-state index is 0.0910. The maximum Gasteiger partial charge on any atom is 0.167 e. The molecule has 2 rings (SSSR count). The van der Waals surface area contributed by atoms with E-state index >= 15 is 0 Å². The van der Waals surface area contributed by atoms with Gasteiger partial charge in [-0.3, -0.25) is 9.78 Å². The first-order chi connectivity index (χ1) is 8.29. The van der Waals surface area contributed by atoms with Crippen LogP contribution in [-0.2, 0) is 13.0 Å². The molecule has 0 aliphatic carbocycles. The number of aromatic nitrogens is 1. The lowest BCUT2D eigenvalue weighted by atomic mass is 10.0. The molecule has 0 spiro atoms. The van der Waals surface area contributed by atoms with Gasteiger partial charge in [-0.15, -0.1) is 0 Å². The fourth-order valence-electron chi connectivity index (χ4n) is 1.65. The Hall–Kier alpha value is -2.00. The van der Waals surface area contributed by atoms with E-state index in [1.54, 1.807) is 18.3 Å². The standard InChI is InChI=1S/C14H14N2O/c15-10-13-9-12(6-7-16-13)14(17)8-11-4-2-1-3-5-11/h1-7,9H,8,10,15H2. The maximum atomic E-state index is 12.0. The Balaban J connectivity index is 2.14. The highest BCUT2D eigenvalue weighted by Crippen LogP contribution is 2.08. The number of carbonyl (C=O) groups is 1. The molecule has 0 amide bonds. The Labute approximate surface area is 100 Å². The fraction of sp³-hybridized carbons (Fsp3) is 0.143. The van der Waals surface area contributed by atoms with Crippen molar-refractivity contribution in [1.82, 2.24) is 4.98 Å². The first-order valence-electron chi connectivity index (χ1n) is 5.51. The van der Waals surface area contributed by atoms with Gasteiger partial charge < -0.3 is 5.73 Å². The van der Waals surface area contributed by atoms with Crippen molar-refractivity contribution in [1.29, 1.82) is 0 Å². The van der Waals surface area contributed by atoms with Crippen molar-refractivity contribution in [3.63, 3.8) is 0 Å². The molecule has 0 saturated heterocycles. The van der Waals surface area contributed by atoms with Crippen LogP contribution < -0.4 is 5.73 Å². The molecule has 3 heteroatoms. The van der Waals surface area contributed by atoms with Crippen LogP contribution >= 0.6 is 0 Å². The number of nitrogens with zero attached hydrogens (tertiary/aromatic N) is 1. The van der Waals surface area contributed by atoms with Gasteiger partial charge in [0, 0.05) is 24.7 Å². The van der Waals surface area contributed by atoms with Gasteiger partial charge in [0.1, 0.15) is 0 Å². The molecular weight excluding hydrogens is 212 g/mol. The number of rotatable bonds is 4. The van der Waals surface area contributed by atoms with Gasteiger partial charge in [0.2, 0.25) is 0 Å². The number of benzene rings is 1. The van der Waals surface area contributed by atoms with Crippen LogP contribution in [0.25, 0.3) is 0 Å². The van der Waals surface area contributed by atoms with Crippen LogP contribution in [0.2, 0.25) is 0 Å². The topological polar surface area (TPSA) is 56.0 Å². The molecule has 86 valence electrons. The van der Waals surface area contributed by atoms with Crippen molar-refractivity contribution in [3.8, 4) is 0 Å². The van der Waals surface area contributed by atoms with Crippen LogP contribution in [-0.4, -0.2) is 10.8 Å². The highest BCUT2D eigenvalue weighted by molar-refractivity contribution is 5.97. The largest absolute Gasteiger partial charge is 0.325 e. The van der Waals surface area contributed by atoms with Crippen LogP contribution in [0.3, 0.4) is 0 Å². The van der Waals surface area contributed by atoms with Crippen LogP contribution in [0.1, 0.15) is 21.6 Å². The Morgan fingerprint density at radius 2 is 1.94 bits per heavy atom. The van der Waals surface area contributed by atoms with E-state index in [1.807, 2.05) is 30.3 Å². The fourth-order valence-corrected chi connectivity index (χ4v) is 1.65. The van der Waals surface area contributed by atoms with Gasteiger partial charge in [-0.1, -0.05) is 30.3 Å². The second-order valence-corrected chi connectivity index (χ2v) is 3.83. The third kappa shape index (κ3) is 2.98. The van der Waals surface area contributed by atoms with Crippen LogP contribution in [0.5, 0.6) is 0 Å². The molecule has 1 aromatic carbocycles. The lowest BCUT2D eigenvalue weighted by molar-refractivity contribution is 0.0993. The molecule has 2 N–H and O–H groups in total. The summed E-state index contributed by atoms with van der Waals surface area (Å²) in [6.07, 6.45) is 2.04. The Bertz CT molecular complexity index is 509. The van der Waals surface area contributed by atoms with Gasteiger partial charge >= 0.3 is 0 Å². The minimum atomic E-state index is 0.0910. The first kappa shape index (κ1) is 11.5. The Morgan fingerprint density at radius 1 is 1.18 bits per heavy atom. The molecular formula is C14H14N2O. The zero-order valence-electron chi connectivity index (χ0n) is 9.47. The van der Waals surface area contributed by atoms with Crippen molar-refractivity contribution in [2.45, 2.75) is 13.0 Å². The monoisotopic (exact) mass is 226 g/mol. The molecule has 0 bridgehead atoms. The smallest absolute Gasteiger partial charge is 0.167 e. The Kier molecular flexibility index (Phi) is 3.62. The molecule has 17 heavy (non-hydrogen) atoms. The normalized spacial score (nSPS) is 10.2. The summed E-state index contributed by atoms with van der Waals surface area (Å²) in [5.74, 6) is 0.0910. The van der Waals surface area contributed by atoms with E-state index in [-0.39, 0.29) is 5.78 Å². The average molecular weight is 226 g/mol. The Morgan fingerprint density at radius 3 is 2.65 bits per heavy atom. The molecule has 0 aliphatic rings. The molecule has 0 aliphatic heterocycles. The van der Waals surface area contributed by atoms with Crippen molar-refractivity contribution in [2.24, 2.45) is 5.73 Å². The molecule has 2 aromatic rings. The van der Waals surface area contributed by atoms with Gasteiger partial charge in [0.05, 0.1) is 5.69 Å². The second kappa shape index (κ2) is 5.37. The van der Waals surface area contributed by atoms with Crippen molar-refractivity contribution in [3.05, 3.63) is 65.5 Å². The van der Waals surface area contributed by atoms with Crippen molar-refractivity contribution < 1.29 is 4.79 Å². The SMILES string of the molecule is NCc1cc(C(=O)Cc2ccccc2)ccn1. The molecule has 0 fully saturated rings. The summed E-state index contributed by atoms with van der Waals surface area (Å²) in [5.41, 5.74) is 7.93. The lowest BCUT2D eigenvalue weighted by Crippen LogP contribution is -2.06. The minimum Gasteiger partial charge on any atom is -0.325 e. The van der Waals surface area contributed by atoms with Crippen LogP contribution in [0.15, 0.2) is 48.7 Å². The van der Waals surface area contributed by atoms with Gasteiger partial charge in [-0.25, -0.2) is 0 Å². The summed E-state index contributed by atoms with van der Waals surface area (Å²) in [7, 11) is 0. The number of pyridine rings is 1. The molecule has 0 unspecified atom stereocenters. The summed E-state index contributed by atoms with van der Waals surface area (Å²) in [6.45, 7) is 0.354. The second-order valence-electron chi connectivity index (χ2n) is 3.83. The predicted molar refractivity (Wildman–Crippen MR) is 66.6 cm³/mol. The quantitative estimate of drug-likeness (QED) is 0.811. The van der Waals surface area contributed by atoms with E-state index in [0.29, 0.717) is 18.5 Å². The third-order valence-corrected chi connectivity index (χ3v) is 2.56. The number of ketones is 1. The summed E-state index contributed by atoms with van der Waals surface area (Å²) in [5, 5.41) is 0. The predicted octanol–water partition coefficient (Wildman–Crippen LogP) is 1.97. The van der Waals surface area contributed by atoms with Crippen molar-refractivity contribution >= 4 is 5.78 Å². The average Bonchev–Trinajstić information content (AvgIpc) is 2.40. The lowest BCUT2D eigenvalue weighted by Gasteiger charge is -2.03. The summed E-state index contributed by atoms with van der Waals surface area (Å²) < 4.78 is 0. The zero-order chi connectivity index (χ0) is 12.1. The highest BCUT2D eigenvalue weighted by atomic mass is 16.1. The van der Waals surface area contributed by atoms with Crippen molar-refractivity contribution in [2.75, 3.05) is 0 Å². The molecule has 1 heterocycles. The van der Waals surface area contributed by atoms with Gasteiger partial charge in [0.15, 0.2) is 5.78 Å². The third-order valence-electron chi connectivity index (χ3n) is 2.56. The first-order valence-corrected chi connectivity index (χ1v) is 5.51. The summed E-state index contributed by atoms with van der Waals surface area (Å²) >= 11 is 0. The van der Waals surface area contributed by atoms with Crippen LogP contribution in [0.4, 0.5) is 0 Å². The summed E-state index contributed by atoms with van der Waals surface area (Å²) in [6, 6.07) is 13.2. The number of carbonyl (C=O) groups excluding carboxylic acids is 1. The van der Waals surface area contributed by atoms with E-state index < -0.39 is 0 Å². The van der Waals surface area contributed by atoms with Crippen LogP contribution in [0, 0.1) is 0 Å². The van der Waals surface area contributed by atoms with E-state index in [4.69, 9.17) is 5.73 Å². The number of Topliss-reactive ketones (excluding diaryl/α,β-unsaturated/α-hetero) is 1. The maximum absolute atomic E-state index is 12.0. The number of nitrogens with two attached hydrogens (primary N) is 1. The molecule has 1 aromatic heterocycles. The van der Waals surface area contributed by atoms with E-state index in [1.165, 1.54) is 0 Å². The number of hydrogen-bond acceptors (Lipinski definition) is 3. The molecule has 3 nitrogen and oxygen atoms in total. The number of hydrogen-bond donors (Lipinski definition) is 1. The molecule has 0 atom stereocenters. The van der Waals surface area contributed by atoms with E-state index in [2.05, 4.69) is 4.98 Å². The highest BCUT2D eigenvalue weighted by Gasteiger charge is 2.07. The zero-order valence-corrected chi connectivity index (χ0v) is 9.47. The van der Waals surface area contributed by atoms with E-state index in [9.17, 15) is 4.79 Å². The van der Waals surface area contributed by atoms with E-state index in [0.717, 1.165) is 11.3 Å². The van der Waals surface area contributed by atoms with Gasteiger partial charge in [-0.2, -0.15) is 0 Å². The van der Waals surface area contributed by atoms with Gasteiger partial charge in [0.25, 0.3) is 0 Å². The summed E-state index contributed by atoms with van der Waals surface area (Å²) in [4.78, 5) is 16.1. The molecule has 0 radical (unpaired) electrons. The van der Waals surface area contributed by atoms with Gasteiger partial charge in [-0.05, 0) is 17.7 Å². The molecule has 0 saturated carbocycles.